The molecule has 1 aromatic rings. The highest BCUT2D eigenvalue weighted by atomic mass is 15.2. The van der Waals surface area contributed by atoms with E-state index in [1.807, 2.05) is 0 Å². The Morgan fingerprint density at radius 1 is 1.29 bits per heavy atom. The molecule has 1 aliphatic rings. The predicted molar refractivity (Wildman–Crippen MR) is 74.8 cm³/mol. The molecule has 1 aliphatic heterocycles. The number of rotatable bonds is 2. The fraction of sp³-hybridized carbons (Fsp3) is 0.600. The molecule has 2 heteroatoms. The van der Waals surface area contributed by atoms with Gasteiger partial charge in [-0.3, -0.25) is 0 Å². The number of hydrogen-bond acceptors (Lipinski definition) is 2. The fourth-order valence-corrected chi connectivity index (χ4v) is 2.52. The Kier molecular flexibility index (Phi) is 3.72. The summed E-state index contributed by atoms with van der Waals surface area (Å²) >= 11 is 0. The molecule has 17 heavy (non-hydrogen) atoms. The first-order valence-corrected chi connectivity index (χ1v) is 6.64. The third kappa shape index (κ3) is 2.63. The maximum Gasteiger partial charge on any atom is 0.0399 e. The fourth-order valence-electron chi connectivity index (χ4n) is 2.52. The van der Waals surface area contributed by atoms with Crippen molar-refractivity contribution in [2.45, 2.75) is 33.7 Å². The second-order valence-electron chi connectivity index (χ2n) is 5.47. The summed E-state index contributed by atoms with van der Waals surface area (Å²) in [6.45, 7) is 12.4. The molecule has 0 aliphatic carbocycles. The summed E-state index contributed by atoms with van der Waals surface area (Å²) in [5.41, 5.74) is 4.23. The first-order chi connectivity index (χ1) is 8.09. The molecule has 0 saturated carbocycles. The van der Waals surface area contributed by atoms with Crippen LogP contribution >= 0.6 is 0 Å². The second kappa shape index (κ2) is 5.09. The molecule has 1 saturated heterocycles. The zero-order chi connectivity index (χ0) is 12.4. The highest BCUT2D eigenvalue weighted by Gasteiger charge is 2.22. The Balaban J connectivity index is 2.19. The van der Waals surface area contributed by atoms with Crippen LogP contribution < -0.4 is 10.2 Å². The van der Waals surface area contributed by atoms with Crippen molar-refractivity contribution in [2.75, 3.05) is 24.5 Å². The first kappa shape index (κ1) is 12.4. The second-order valence-corrected chi connectivity index (χ2v) is 5.47. The van der Waals surface area contributed by atoms with Gasteiger partial charge >= 0.3 is 0 Å². The minimum absolute atomic E-state index is 0.615. The van der Waals surface area contributed by atoms with Gasteiger partial charge in [0.15, 0.2) is 0 Å². The van der Waals surface area contributed by atoms with E-state index in [1.165, 1.54) is 16.8 Å². The van der Waals surface area contributed by atoms with Gasteiger partial charge in [-0.15, -0.1) is 0 Å². The molecule has 0 amide bonds. The van der Waals surface area contributed by atoms with Gasteiger partial charge in [-0.05, 0) is 37.0 Å². The van der Waals surface area contributed by atoms with Gasteiger partial charge in [-0.2, -0.15) is 0 Å². The zero-order valence-corrected chi connectivity index (χ0v) is 11.5. The van der Waals surface area contributed by atoms with Gasteiger partial charge in [0.05, 0.1) is 0 Å². The Labute approximate surface area is 105 Å². The van der Waals surface area contributed by atoms with Crippen LogP contribution in [0.25, 0.3) is 0 Å². The molecule has 0 aromatic heterocycles. The molecular formula is C15H24N2. The van der Waals surface area contributed by atoms with Crippen LogP contribution in [-0.4, -0.2) is 25.7 Å². The smallest absolute Gasteiger partial charge is 0.0399 e. The molecule has 2 nitrogen and oxygen atoms in total. The monoisotopic (exact) mass is 232 g/mol. The number of anilines is 1. The lowest BCUT2D eigenvalue weighted by atomic mass is 10.00. The van der Waals surface area contributed by atoms with Crippen molar-refractivity contribution in [2.24, 2.45) is 5.92 Å². The van der Waals surface area contributed by atoms with E-state index in [9.17, 15) is 0 Å². The molecule has 0 bridgehead atoms. The van der Waals surface area contributed by atoms with Crippen molar-refractivity contribution in [3.05, 3.63) is 29.3 Å². The van der Waals surface area contributed by atoms with E-state index in [1.54, 1.807) is 0 Å². The van der Waals surface area contributed by atoms with Crippen LogP contribution in [0.2, 0.25) is 0 Å². The summed E-state index contributed by atoms with van der Waals surface area (Å²) in [4.78, 5) is 2.53. The molecule has 0 spiro atoms. The lowest BCUT2D eigenvalue weighted by Gasteiger charge is -2.38. The largest absolute Gasteiger partial charge is 0.368 e. The summed E-state index contributed by atoms with van der Waals surface area (Å²) in [5, 5.41) is 3.61. The number of benzene rings is 1. The van der Waals surface area contributed by atoms with Crippen LogP contribution in [0.4, 0.5) is 5.69 Å². The maximum absolute atomic E-state index is 3.61. The van der Waals surface area contributed by atoms with E-state index in [0.717, 1.165) is 19.6 Å². The number of nitrogens with zero attached hydrogens (tertiary/aromatic N) is 1. The van der Waals surface area contributed by atoms with E-state index in [0.29, 0.717) is 12.0 Å². The number of hydrogen-bond donors (Lipinski definition) is 1. The number of aryl methyl sites for hydroxylation is 1. The van der Waals surface area contributed by atoms with Gasteiger partial charge in [0.1, 0.15) is 0 Å². The molecule has 1 N–H and O–H groups in total. The lowest BCUT2D eigenvalue weighted by Crippen LogP contribution is -2.53. The van der Waals surface area contributed by atoms with Crippen molar-refractivity contribution >= 4 is 5.69 Å². The predicted octanol–water partition coefficient (Wildman–Crippen LogP) is 2.74. The van der Waals surface area contributed by atoms with Crippen LogP contribution in [0.3, 0.4) is 0 Å². The number of nitrogens with one attached hydrogen (secondary N) is 1. The van der Waals surface area contributed by atoms with Gasteiger partial charge < -0.3 is 10.2 Å². The Morgan fingerprint density at radius 3 is 2.76 bits per heavy atom. The van der Waals surface area contributed by atoms with Gasteiger partial charge in [-0.25, -0.2) is 0 Å². The van der Waals surface area contributed by atoms with E-state index in [-0.39, 0.29) is 0 Å². The van der Waals surface area contributed by atoms with Crippen LogP contribution in [0.1, 0.15) is 25.0 Å². The third-order valence-electron chi connectivity index (χ3n) is 3.93. The van der Waals surface area contributed by atoms with Crippen LogP contribution in [0, 0.1) is 19.8 Å². The van der Waals surface area contributed by atoms with Crippen LogP contribution in [0.15, 0.2) is 18.2 Å². The molecule has 1 heterocycles. The summed E-state index contributed by atoms with van der Waals surface area (Å²) in [6.07, 6.45) is 0. The van der Waals surface area contributed by atoms with E-state index < -0.39 is 0 Å². The molecule has 1 fully saturated rings. The Hall–Kier alpha value is -1.02. The van der Waals surface area contributed by atoms with Gasteiger partial charge in [0, 0.05) is 31.4 Å². The standard InChI is InChI=1S/C15H24N2/c1-11(2)14-10-17(9-8-16-14)15-7-5-6-12(3)13(15)4/h5-7,11,14,16H,8-10H2,1-4H3. The quantitative estimate of drug-likeness (QED) is 0.843. The topological polar surface area (TPSA) is 15.3 Å². The van der Waals surface area contributed by atoms with Gasteiger partial charge in [0.2, 0.25) is 0 Å². The van der Waals surface area contributed by atoms with Gasteiger partial charge in [0.25, 0.3) is 0 Å². The number of piperazine rings is 1. The minimum Gasteiger partial charge on any atom is -0.368 e. The normalized spacial score (nSPS) is 21.0. The van der Waals surface area contributed by atoms with E-state index in [4.69, 9.17) is 0 Å². The van der Waals surface area contributed by atoms with Gasteiger partial charge in [-0.1, -0.05) is 26.0 Å². The maximum atomic E-state index is 3.61. The molecule has 2 rings (SSSR count). The molecule has 94 valence electrons. The van der Waals surface area contributed by atoms with E-state index >= 15 is 0 Å². The molecular weight excluding hydrogens is 208 g/mol. The Morgan fingerprint density at radius 2 is 2.06 bits per heavy atom. The average molecular weight is 232 g/mol. The summed E-state index contributed by atoms with van der Waals surface area (Å²) < 4.78 is 0. The minimum atomic E-state index is 0.615. The molecule has 1 aromatic carbocycles. The van der Waals surface area contributed by atoms with Crippen LogP contribution in [-0.2, 0) is 0 Å². The average Bonchev–Trinajstić information content (AvgIpc) is 2.33. The molecule has 1 atom stereocenters. The summed E-state index contributed by atoms with van der Waals surface area (Å²) in [7, 11) is 0. The van der Waals surface area contributed by atoms with Crippen molar-refractivity contribution in [1.29, 1.82) is 0 Å². The van der Waals surface area contributed by atoms with Crippen LogP contribution in [0.5, 0.6) is 0 Å². The summed E-state index contributed by atoms with van der Waals surface area (Å²) in [6, 6.07) is 7.24. The van der Waals surface area contributed by atoms with Crippen molar-refractivity contribution in [3.63, 3.8) is 0 Å². The highest BCUT2D eigenvalue weighted by Crippen LogP contribution is 2.24. The highest BCUT2D eigenvalue weighted by molar-refractivity contribution is 5.56. The third-order valence-corrected chi connectivity index (χ3v) is 3.93. The van der Waals surface area contributed by atoms with Crippen molar-refractivity contribution < 1.29 is 0 Å². The summed E-state index contributed by atoms with van der Waals surface area (Å²) in [5.74, 6) is 0.697. The van der Waals surface area contributed by atoms with E-state index in [2.05, 4.69) is 56.1 Å². The Bertz CT molecular complexity index is 385. The molecule has 0 radical (unpaired) electrons. The molecule has 1 unspecified atom stereocenters. The first-order valence-electron chi connectivity index (χ1n) is 6.64. The van der Waals surface area contributed by atoms with Crippen molar-refractivity contribution in [3.8, 4) is 0 Å². The lowest BCUT2D eigenvalue weighted by molar-refractivity contribution is 0.368. The zero-order valence-electron chi connectivity index (χ0n) is 11.5. The van der Waals surface area contributed by atoms with Crippen molar-refractivity contribution in [1.82, 2.24) is 5.32 Å². The SMILES string of the molecule is Cc1cccc(N2CCNC(C(C)C)C2)c1C.